The van der Waals surface area contributed by atoms with E-state index in [0.717, 1.165) is 5.57 Å². The summed E-state index contributed by atoms with van der Waals surface area (Å²) in [5, 5.41) is 58.8. The summed E-state index contributed by atoms with van der Waals surface area (Å²) in [5.74, 6) is -1.77. The van der Waals surface area contributed by atoms with Crippen LogP contribution in [-0.4, -0.2) is 178 Å². The second kappa shape index (κ2) is 21.1. The van der Waals surface area contributed by atoms with E-state index in [0.29, 0.717) is 38.5 Å². The Hall–Kier alpha value is -2.57. The maximum absolute atomic E-state index is 13.6. The summed E-state index contributed by atoms with van der Waals surface area (Å²) in [6.07, 6.45) is -3.11. The molecule has 8 aliphatic rings. The SMILES string of the molecule is CO[C@H]1C[C@@H](O[C@H]2CC[C@@]3(C)C(=CC[C@]4(O)[C@@H]3C[C@@H](OC(=O)c3cccnc3)[C@]3(C)[C@H](C(C)=O)CC[C@@]34O)C2)O[C@H](C)[C@@H]1O[C@@H]1C[C@H](O)[C@@H](O[C@@H]2C[C@H](O)[C@@H](O[C@@H]3C[C@@H](OC)[C@H](O)[C@@H](C)O3)[C@@H](C)O2)[C@@H](C)O1. The van der Waals surface area contributed by atoms with Gasteiger partial charge in [-0.1, -0.05) is 25.5 Å². The van der Waals surface area contributed by atoms with Crippen LogP contribution in [-0.2, 0) is 56.9 Å². The number of rotatable bonds is 13. The predicted molar refractivity (Wildman–Crippen MR) is 253 cm³/mol. The molecule has 0 bridgehead atoms. The fourth-order valence-corrected chi connectivity index (χ4v) is 14.4. The van der Waals surface area contributed by atoms with Crippen LogP contribution in [0, 0.1) is 22.7 Å². The molecule has 404 valence electrons. The average Bonchev–Trinajstić information content (AvgIpc) is 3.64. The number of carbonyl (C=O) groups excluding carboxylic acids is 2. The summed E-state index contributed by atoms with van der Waals surface area (Å²) in [5.41, 5.74) is -3.68. The molecular weight excluding hydrogens is 939 g/mol. The molecule has 72 heavy (non-hydrogen) atoms. The molecule has 4 aliphatic carbocycles. The molecule has 4 aliphatic heterocycles. The van der Waals surface area contributed by atoms with Crippen molar-refractivity contribution in [2.24, 2.45) is 22.7 Å². The third kappa shape index (κ3) is 9.67. The van der Waals surface area contributed by atoms with E-state index >= 15 is 0 Å². The Labute approximate surface area is 422 Å². The van der Waals surface area contributed by atoms with Gasteiger partial charge in [-0.2, -0.15) is 0 Å². The van der Waals surface area contributed by atoms with Crippen molar-refractivity contribution in [2.75, 3.05) is 14.2 Å². The zero-order valence-corrected chi connectivity index (χ0v) is 43.2. The Morgan fingerprint density at radius 3 is 1.88 bits per heavy atom. The molecule has 0 amide bonds. The summed E-state index contributed by atoms with van der Waals surface area (Å²) in [7, 11) is 3.14. The summed E-state index contributed by atoms with van der Waals surface area (Å²) in [6, 6.07) is 3.28. The number of esters is 1. The van der Waals surface area contributed by atoms with Gasteiger partial charge in [-0.3, -0.25) is 9.78 Å². The first kappa shape index (κ1) is 54.2. The van der Waals surface area contributed by atoms with Crippen molar-refractivity contribution in [3.05, 3.63) is 41.7 Å². The number of nitrogens with zero attached hydrogens (tertiary/aromatic N) is 1. The van der Waals surface area contributed by atoms with Crippen molar-refractivity contribution in [3.63, 3.8) is 0 Å². The molecular formula is C53H79NO18. The van der Waals surface area contributed by atoms with E-state index in [4.69, 9.17) is 52.1 Å². The lowest BCUT2D eigenvalue weighted by molar-refractivity contribution is -0.345. The van der Waals surface area contributed by atoms with Gasteiger partial charge < -0.3 is 77.6 Å². The van der Waals surface area contributed by atoms with Gasteiger partial charge in [0.25, 0.3) is 0 Å². The molecule has 5 N–H and O–H groups in total. The topological polar surface area (TPSA) is 250 Å². The number of aliphatic hydroxyl groups excluding tert-OH is 3. The van der Waals surface area contributed by atoms with Crippen LogP contribution in [0.2, 0.25) is 0 Å². The molecule has 1 aromatic heterocycles. The Morgan fingerprint density at radius 1 is 0.722 bits per heavy atom. The Balaban J connectivity index is 0.791. The van der Waals surface area contributed by atoms with Crippen molar-refractivity contribution in [1.82, 2.24) is 4.98 Å². The fourth-order valence-electron chi connectivity index (χ4n) is 14.4. The molecule has 0 unspecified atom stereocenters. The van der Waals surface area contributed by atoms with Gasteiger partial charge >= 0.3 is 5.97 Å². The zero-order valence-electron chi connectivity index (χ0n) is 43.2. The fraction of sp³-hybridized carbons (Fsp3) is 0.830. The van der Waals surface area contributed by atoms with Gasteiger partial charge in [-0.25, -0.2) is 4.79 Å². The molecule has 7 fully saturated rings. The summed E-state index contributed by atoms with van der Waals surface area (Å²) in [4.78, 5) is 30.9. The number of methoxy groups -OCH3 is 2. The highest BCUT2D eigenvalue weighted by Crippen LogP contribution is 2.70. The van der Waals surface area contributed by atoms with E-state index < -0.39 is 144 Å². The maximum atomic E-state index is 13.6. The molecule has 3 saturated carbocycles. The maximum Gasteiger partial charge on any atom is 0.339 e. The number of aliphatic hydroxyl groups is 5. The number of Topliss-reactive ketones (excluding diaryl/α,β-unsaturated/α-hetero) is 1. The number of aromatic nitrogens is 1. The lowest BCUT2D eigenvalue weighted by Crippen LogP contribution is -2.75. The van der Waals surface area contributed by atoms with Crippen molar-refractivity contribution in [3.8, 4) is 0 Å². The second-order valence-electron chi connectivity index (χ2n) is 22.5. The van der Waals surface area contributed by atoms with Crippen LogP contribution < -0.4 is 0 Å². The number of hydrogen-bond acceptors (Lipinski definition) is 19. The minimum absolute atomic E-state index is 0.0845. The quantitative estimate of drug-likeness (QED) is 0.139. The highest BCUT2D eigenvalue weighted by atomic mass is 16.8. The van der Waals surface area contributed by atoms with Crippen molar-refractivity contribution in [2.45, 2.75) is 241 Å². The van der Waals surface area contributed by atoms with Gasteiger partial charge in [-0.05, 0) is 97.1 Å². The van der Waals surface area contributed by atoms with E-state index in [9.17, 15) is 35.1 Å². The van der Waals surface area contributed by atoms with Gasteiger partial charge in [0.15, 0.2) is 25.2 Å². The van der Waals surface area contributed by atoms with E-state index in [1.54, 1.807) is 46.2 Å². The summed E-state index contributed by atoms with van der Waals surface area (Å²) >= 11 is 0. The number of ketones is 1. The number of pyridine rings is 1. The van der Waals surface area contributed by atoms with Gasteiger partial charge in [-0.15, -0.1) is 0 Å². The smallest absolute Gasteiger partial charge is 0.339 e. The molecule has 0 aromatic carbocycles. The molecule has 19 nitrogen and oxygen atoms in total. The minimum atomic E-state index is -1.70. The Kier molecular flexibility index (Phi) is 15.9. The standard InChI is InChI=1S/C53H79NO18/c1-26(55)34-14-17-53(61)51(34,7)40(69-49(59)31-11-10-18-54-25-31)24-39-50(6)15-13-33(19-32(50)12-16-52(39,53)60)68-43-23-38(63-9)48(30(5)67-43)72-42-21-36(57)46(28(3)66-42)70-41-20-35(56)47(29(4)65-41)71-44-22-37(62-8)45(58)27(2)64-44/h10-12,18,25,27-30,33-48,56-58,60-61H,13-17,19-24H2,1-9H3/t27-,28-,29-,30-,33+,34+,35+,36+,37-,38+,39-,40-,41-,42-,43-,44-,45-,46+,47+,48+,50+,51+,52+,53-/m1/s1. The van der Waals surface area contributed by atoms with Crippen LogP contribution in [0.4, 0.5) is 0 Å². The summed E-state index contributed by atoms with van der Waals surface area (Å²) < 4.78 is 68.1. The largest absolute Gasteiger partial charge is 0.458 e. The molecule has 5 heterocycles. The number of ether oxygens (including phenoxy) is 11. The lowest BCUT2D eigenvalue weighted by Gasteiger charge is -2.66. The Morgan fingerprint density at radius 2 is 1.29 bits per heavy atom. The van der Waals surface area contributed by atoms with Crippen molar-refractivity contribution >= 4 is 11.8 Å². The first-order valence-corrected chi connectivity index (χ1v) is 26.2. The number of hydrogen-bond donors (Lipinski definition) is 5. The molecule has 9 rings (SSSR count). The molecule has 0 spiro atoms. The van der Waals surface area contributed by atoms with Crippen LogP contribution in [0.1, 0.15) is 129 Å². The van der Waals surface area contributed by atoms with E-state index in [1.807, 2.05) is 13.8 Å². The van der Waals surface area contributed by atoms with Crippen molar-refractivity contribution in [1.29, 1.82) is 0 Å². The normalized spacial score (nSPS) is 49.4. The van der Waals surface area contributed by atoms with Gasteiger partial charge in [0.05, 0.1) is 60.5 Å². The first-order valence-electron chi connectivity index (χ1n) is 26.2. The van der Waals surface area contributed by atoms with Crippen LogP contribution >= 0.6 is 0 Å². The van der Waals surface area contributed by atoms with Crippen LogP contribution in [0.25, 0.3) is 0 Å². The van der Waals surface area contributed by atoms with Gasteiger partial charge in [0.1, 0.15) is 47.5 Å². The van der Waals surface area contributed by atoms with Crippen LogP contribution in [0.3, 0.4) is 0 Å². The van der Waals surface area contributed by atoms with E-state index in [1.165, 1.54) is 20.2 Å². The third-order valence-electron chi connectivity index (χ3n) is 18.5. The molecule has 4 saturated heterocycles. The molecule has 1 aromatic rings. The molecule has 24 atom stereocenters. The third-order valence-corrected chi connectivity index (χ3v) is 18.5. The lowest BCUT2D eigenvalue weighted by atomic mass is 9.43. The minimum Gasteiger partial charge on any atom is -0.458 e. The number of fused-ring (bicyclic) bond motifs is 5. The average molecular weight is 1020 g/mol. The van der Waals surface area contributed by atoms with E-state index in [-0.39, 0.29) is 49.6 Å². The Bertz CT molecular complexity index is 2080. The highest BCUT2D eigenvalue weighted by molar-refractivity contribution is 5.89. The zero-order chi connectivity index (χ0) is 51.7. The molecule has 0 radical (unpaired) electrons. The highest BCUT2D eigenvalue weighted by Gasteiger charge is 2.77. The van der Waals surface area contributed by atoms with Crippen LogP contribution in [0.15, 0.2) is 36.2 Å². The van der Waals surface area contributed by atoms with Crippen LogP contribution in [0.5, 0.6) is 0 Å². The second-order valence-corrected chi connectivity index (χ2v) is 22.5. The predicted octanol–water partition coefficient (Wildman–Crippen LogP) is 3.81. The van der Waals surface area contributed by atoms with E-state index in [2.05, 4.69) is 18.0 Å². The summed E-state index contributed by atoms with van der Waals surface area (Å²) in [6.45, 7) is 12.7. The monoisotopic (exact) mass is 1020 g/mol. The van der Waals surface area contributed by atoms with Crippen molar-refractivity contribution < 1.29 is 87.2 Å². The number of carbonyl (C=O) groups is 2. The molecule has 19 heteroatoms. The van der Waals surface area contributed by atoms with Gasteiger partial charge in [0.2, 0.25) is 0 Å². The first-order chi connectivity index (χ1) is 34.1. The van der Waals surface area contributed by atoms with Gasteiger partial charge in [0, 0.05) is 69.5 Å².